The highest BCUT2D eigenvalue weighted by molar-refractivity contribution is 8.14. The van der Waals surface area contributed by atoms with E-state index < -0.39 is 29.8 Å². The topological polar surface area (TPSA) is 104 Å². The van der Waals surface area contributed by atoms with Crippen LogP contribution in [0.2, 0.25) is 0 Å². The largest absolute Gasteiger partial charge is 0.497 e. The van der Waals surface area contributed by atoms with Crippen LogP contribution in [0.4, 0.5) is 5.69 Å². The van der Waals surface area contributed by atoms with Crippen molar-refractivity contribution in [1.29, 1.82) is 0 Å². The summed E-state index contributed by atoms with van der Waals surface area (Å²) in [5, 5.41) is 32.9. The molecule has 2 aliphatic heterocycles. The Kier molecular flexibility index (Phi) is 4.55. The van der Waals surface area contributed by atoms with E-state index >= 15 is 0 Å². The van der Waals surface area contributed by atoms with Gasteiger partial charge in [0, 0.05) is 5.69 Å². The van der Waals surface area contributed by atoms with Crippen molar-refractivity contribution in [3.8, 4) is 5.75 Å². The van der Waals surface area contributed by atoms with Crippen LogP contribution in [0.25, 0.3) is 0 Å². The zero-order chi connectivity index (χ0) is 15.7. The molecular weight excluding hydrogens is 308 g/mol. The fourth-order valence-electron chi connectivity index (χ4n) is 2.44. The van der Waals surface area contributed by atoms with Gasteiger partial charge in [-0.05, 0) is 24.3 Å². The number of aliphatic hydroxyl groups excluding tert-OH is 3. The van der Waals surface area contributed by atoms with E-state index in [1.54, 1.807) is 7.11 Å². The number of thioether (sulfide) groups is 1. The Balaban J connectivity index is 1.69. The molecule has 0 amide bonds. The van der Waals surface area contributed by atoms with E-state index in [1.807, 2.05) is 24.3 Å². The molecule has 22 heavy (non-hydrogen) atoms. The molecule has 1 aromatic rings. The van der Waals surface area contributed by atoms with E-state index in [-0.39, 0.29) is 6.61 Å². The second-order valence-electron chi connectivity index (χ2n) is 5.10. The summed E-state index contributed by atoms with van der Waals surface area (Å²) in [6.07, 6.45) is -2.99. The van der Waals surface area contributed by atoms with Gasteiger partial charge in [-0.1, -0.05) is 11.8 Å². The van der Waals surface area contributed by atoms with Gasteiger partial charge in [-0.25, -0.2) is 0 Å². The van der Waals surface area contributed by atoms with Crippen molar-refractivity contribution in [1.82, 2.24) is 0 Å². The Morgan fingerprint density at radius 3 is 2.64 bits per heavy atom. The number of nitrogens with zero attached hydrogens (tertiary/aromatic N) is 1. The Bertz CT molecular complexity index is 553. The van der Waals surface area contributed by atoms with Crippen LogP contribution in [0, 0.1) is 0 Å². The number of hydrogen-bond donors (Lipinski definition) is 4. The van der Waals surface area contributed by atoms with Crippen molar-refractivity contribution in [2.45, 2.75) is 29.8 Å². The molecule has 120 valence electrons. The minimum absolute atomic E-state index is 0.344. The first-order valence-electron chi connectivity index (χ1n) is 6.90. The Morgan fingerprint density at radius 2 is 2.00 bits per heavy atom. The van der Waals surface area contributed by atoms with Gasteiger partial charge in [0.2, 0.25) is 0 Å². The van der Waals surface area contributed by atoms with Gasteiger partial charge in [0.05, 0.1) is 13.7 Å². The molecule has 0 aliphatic carbocycles. The lowest BCUT2D eigenvalue weighted by molar-refractivity contribution is -0.164. The van der Waals surface area contributed by atoms with Crippen molar-refractivity contribution < 1.29 is 24.8 Å². The molecular formula is C14H18N2O5S. The molecule has 5 atom stereocenters. The molecule has 3 rings (SSSR count). The molecule has 0 saturated carbocycles. The van der Waals surface area contributed by atoms with Gasteiger partial charge in [-0.3, -0.25) is 4.99 Å². The number of hydrogen-bond acceptors (Lipinski definition) is 8. The van der Waals surface area contributed by atoms with Crippen LogP contribution in [-0.4, -0.2) is 64.0 Å². The molecule has 2 heterocycles. The highest BCUT2D eigenvalue weighted by atomic mass is 32.2. The number of aliphatic hydroxyl groups is 3. The number of methoxy groups -OCH3 is 1. The average Bonchev–Trinajstić information content (AvgIpc) is 2.94. The quantitative estimate of drug-likeness (QED) is 0.621. The van der Waals surface area contributed by atoms with Crippen molar-refractivity contribution >= 4 is 22.6 Å². The third-order valence-corrected chi connectivity index (χ3v) is 4.74. The molecule has 2 aliphatic rings. The van der Waals surface area contributed by atoms with Crippen molar-refractivity contribution in [3.05, 3.63) is 24.3 Å². The molecule has 4 N–H and O–H groups in total. The summed E-state index contributed by atoms with van der Waals surface area (Å²) in [5.74, 6) is 0.757. The average molecular weight is 326 g/mol. The second kappa shape index (κ2) is 6.43. The van der Waals surface area contributed by atoms with E-state index in [0.29, 0.717) is 5.17 Å². The highest BCUT2D eigenvalue weighted by Crippen LogP contribution is 2.36. The van der Waals surface area contributed by atoms with Gasteiger partial charge in [-0.15, -0.1) is 0 Å². The second-order valence-corrected chi connectivity index (χ2v) is 6.19. The SMILES string of the molecule is COc1ccc(NC2=NC3[C@@H](O)[C@H](O)[C@@H](CO)O[C@H]3S2)cc1. The molecule has 1 aromatic carbocycles. The van der Waals surface area contributed by atoms with Gasteiger partial charge >= 0.3 is 0 Å². The van der Waals surface area contributed by atoms with E-state index in [9.17, 15) is 15.3 Å². The normalized spacial score (nSPS) is 34.0. The molecule has 0 radical (unpaired) electrons. The molecule has 1 unspecified atom stereocenters. The van der Waals surface area contributed by atoms with E-state index in [4.69, 9.17) is 9.47 Å². The molecule has 8 heteroatoms. The maximum absolute atomic E-state index is 10.1. The summed E-state index contributed by atoms with van der Waals surface area (Å²) in [6, 6.07) is 6.81. The first-order valence-corrected chi connectivity index (χ1v) is 7.78. The first-order chi connectivity index (χ1) is 10.6. The van der Waals surface area contributed by atoms with Gasteiger partial charge in [0.1, 0.15) is 35.5 Å². The number of ether oxygens (including phenoxy) is 2. The summed E-state index contributed by atoms with van der Waals surface area (Å²) < 4.78 is 10.7. The van der Waals surface area contributed by atoms with Crippen LogP contribution in [0.1, 0.15) is 0 Å². The third-order valence-electron chi connectivity index (χ3n) is 3.68. The summed E-state index contributed by atoms with van der Waals surface area (Å²) >= 11 is 1.33. The molecule has 1 fully saturated rings. The van der Waals surface area contributed by atoms with Crippen molar-refractivity contribution in [2.75, 3.05) is 19.0 Å². The number of benzene rings is 1. The molecule has 0 bridgehead atoms. The molecule has 1 saturated heterocycles. The third kappa shape index (κ3) is 2.92. The Labute approximate surface area is 132 Å². The fourth-order valence-corrected chi connectivity index (χ4v) is 3.58. The lowest BCUT2D eigenvalue weighted by Crippen LogP contribution is -2.55. The van der Waals surface area contributed by atoms with Crippen LogP contribution < -0.4 is 10.1 Å². The van der Waals surface area contributed by atoms with Gasteiger partial charge in [-0.2, -0.15) is 0 Å². The Morgan fingerprint density at radius 1 is 1.27 bits per heavy atom. The maximum atomic E-state index is 10.1. The fraction of sp³-hybridized carbons (Fsp3) is 0.500. The summed E-state index contributed by atoms with van der Waals surface area (Å²) in [6.45, 7) is -0.344. The monoisotopic (exact) mass is 326 g/mol. The van der Waals surface area contributed by atoms with Crippen LogP contribution in [0.5, 0.6) is 5.75 Å². The smallest absolute Gasteiger partial charge is 0.164 e. The van der Waals surface area contributed by atoms with Crippen molar-refractivity contribution in [3.63, 3.8) is 0 Å². The van der Waals surface area contributed by atoms with Crippen LogP contribution in [0.15, 0.2) is 29.3 Å². The number of anilines is 1. The Hall–Kier alpha value is -1.32. The number of rotatable bonds is 3. The van der Waals surface area contributed by atoms with Gasteiger partial charge < -0.3 is 30.1 Å². The standard InChI is InChI=1S/C14H18N2O5S/c1-20-8-4-2-7(3-5-8)15-14-16-10-12(19)11(18)9(6-17)21-13(10)22-14/h2-5,9-13,17-19H,6H2,1H3,(H,15,16)/t9-,10?,11-,12-,13+/m1/s1. The summed E-state index contributed by atoms with van der Waals surface area (Å²) in [5.41, 5.74) is 0.413. The minimum atomic E-state index is -1.14. The summed E-state index contributed by atoms with van der Waals surface area (Å²) in [7, 11) is 1.60. The number of fused-ring (bicyclic) bond motifs is 1. The maximum Gasteiger partial charge on any atom is 0.164 e. The van der Waals surface area contributed by atoms with E-state index in [1.165, 1.54) is 11.8 Å². The van der Waals surface area contributed by atoms with Crippen molar-refractivity contribution in [2.24, 2.45) is 4.99 Å². The van der Waals surface area contributed by atoms with Crippen LogP contribution >= 0.6 is 11.8 Å². The number of amidine groups is 1. The van der Waals surface area contributed by atoms with Gasteiger partial charge in [0.15, 0.2) is 5.17 Å². The molecule has 0 aromatic heterocycles. The zero-order valence-electron chi connectivity index (χ0n) is 11.9. The number of aliphatic imine (C=N–C) groups is 1. The van der Waals surface area contributed by atoms with E-state index in [0.717, 1.165) is 11.4 Å². The van der Waals surface area contributed by atoms with E-state index in [2.05, 4.69) is 10.3 Å². The predicted molar refractivity (Wildman–Crippen MR) is 83.2 cm³/mol. The lowest BCUT2D eigenvalue weighted by atomic mass is 9.99. The van der Waals surface area contributed by atoms with Gasteiger partial charge in [0.25, 0.3) is 0 Å². The van der Waals surface area contributed by atoms with Crippen LogP contribution in [0.3, 0.4) is 0 Å². The van der Waals surface area contributed by atoms with Crippen LogP contribution in [-0.2, 0) is 4.74 Å². The molecule has 0 spiro atoms. The molecule has 7 nitrogen and oxygen atoms in total. The minimum Gasteiger partial charge on any atom is -0.497 e. The zero-order valence-corrected chi connectivity index (χ0v) is 12.7. The summed E-state index contributed by atoms with van der Waals surface area (Å²) in [4.78, 5) is 4.37. The number of nitrogens with one attached hydrogen (secondary N) is 1. The first kappa shape index (κ1) is 15.6. The lowest BCUT2D eigenvalue weighted by Gasteiger charge is -2.37. The highest BCUT2D eigenvalue weighted by Gasteiger charge is 2.47. The predicted octanol–water partition coefficient (Wildman–Crippen LogP) is 0.0175.